The molecule has 21 heavy (non-hydrogen) atoms. The average molecular weight is 290 g/mol. The van der Waals surface area contributed by atoms with E-state index in [1.807, 2.05) is 0 Å². The van der Waals surface area contributed by atoms with Crippen molar-refractivity contribution < 1.29 is 23.8 Å². The van der Waals surface area contributed by atoms with Gasteiger partial charge in [0, 0.05) is 12.1 Å². The summed E-state index contributed by atoms with van der Waals surface area (Å²) >= 11 is 0. The molecule has 3 rings (SSSR count). The van der Waals surface area contributed by atoms with Crippen molar-refractivity contribution >= 4 is 17.3 Å². The highest BCUT2D eigenvalue weighted by Gasteiger charge is 2.19. The second-order valence-electron chi connectivity index (χ2n) is 4.41. The lowest BCUT2D eigenvalue weighted by atomic mass is 10.1. The number of phenols is 1. The Balaban J connectivity index is 1.90. The molecule has 1 aliphatic heterocycles. The lowest BCUT2D eigenvalue weighted by molar-refractivity contribution is 0.102. The van der Waals surface area contributed by atoms with Gasteiger partial charge in [-0.2, -0.15) is 0 Å². The zero-order valence-electron chi connectivity index (χ0n) is 10.7. The van der Waals surface area contributed by atoms with Crippen LogP contribution >= 0.6 is 0 Å². The Hall–Kier alpha value is -2.96. The first kappa shape index (κ1) is 13.0. The van der Waals surface area contributed by atoms with Gasteiger partial charge >= 0.3 is 0 Å². The normalized spacial score (nSPS) is 12.2. The van der Waals surface area contributed by atoms with E-state index in [0.717, 1.165) is 18.2 Å². The van der Waals surface area contributed by atoms with E-state index in [-0.39, 0.29) is 29.5 Å². The standard InChI is InChI=1S/C14H11FN2O4/c15-7-1-2-11(18)8(3-7)14(19)17-10-5-13-12(4-9(10)16)20-6-21-13/h1-5,18H,6,16H2,(H,17,19). The largest absolute Gasteiger partial charge is 0.507 e. The number of anilines is 2. The van der Waals surface area contributed by atoms with Gasteiger partial charge in [-0.15, -0.1) is 0 Å². The molecule has 0 unspecified atom stereocenters. The molecule has 2 aromatic carbocycles. The van der Waals surface area contributed by atoms with E-state index >= 15 is 0 Å². The number of hydrogen-bond donors (Lipinski definition) is 3. The number of rotatable bonds is 2. The van der Waals surface area contributed by atoms with Gasteiger partial charge < -0.3 is 25.6 Å². The van der Waals surface area contributed by atoms with Gasteiger partial charge in [0.2, 0.25) is 6.79 Å². The minimum absolute atomic E-state index is 0.0802. The number of ether oxygens (including phenoxy) is 2. The van der Waals surface area contributed by atoms with Gasteiger partial charge in [-0.25, -0.2) is 4.39 Å². The van der Waals surface area contributed by atoms with Crippen molar-refractivity contribution in [3.05, 3.63) is 41.7 Å². The molecule has 1 aliphatic rings. The molecule has 0 atom stereocenters. The van der Waals surface area contributed by atoms with Gasteiger partial charge in [0.15, 0.2) is 11.5 Å². The van der Waals surface area contributed by atoms with Crippen LogP contribution in [0.4, 0.5) is 15.8 Å². The number of carbonyl (C=O) groups excluding carboxylic acids is 1. The Morgan fingerprint density at radius 2 is 1.95 bits per heavy atom. The molecule has 0 aliphatic carbocycles. The zero-order valence-corrected chi connectivity index (χ0v) is 10.7. The van der Waals surface area contributed by atoms with E-state index < -0.39 is 11.7 Å². The number of carbonyl (C=O) groups is 1. The van der Waals surface area contributed by atoms with Crippen LogP contribution in [0.2, 0.25) is 0 Å². The topological polar surface area (TPSA) is 93.8 Å². The molecule has 1 amide bonds. The number of nitrogens with two attached hydrogens (primary N) is 1. The van der Waals surface area contributed by atoms with Crippen LogP contribution in [0.5, 0.6) is 17.2 Å². The van der Waals surface area contributed by atoms with Crippen LogP contribution in [0.3, 0.4) is 0 Å². The predicted octanol–water partition coefficient (Wildman–Crippen LogP) is 2.09. The maximum absolute atomic E-state index is 13.2. The molecule has 0 bridgehead atoms. The number of phenolic OH excluding ortho intramolecular Hbond substituents is 1. The molecule has 6 nitrogen and oxygen atoms in total. The summed E-state index contributed by atoms with van der Waals surface area (Å²) in [6.45, 7) is 0.0802. The molecule has 0 spiro atoms. The number of amides is 1. The van der Waals surface area contributed by atoms with Gasteiger partial charge in [0.25, 0.3) is 5.91 Å². The van der Waals surface area contributed by atoms with Gasteiger partial charge in [-0.05, 0) is 18.2 Å². The molecule has 4 N–H and O–H groups in total. The number of fused-ring (bicyclic) bond motifs is 1. The van der Waals surface area contributed by atoms with Crippen molar-refractivity contribution in [1.29, 1.82) is 0 Å². The van der Waals surface area contributed by atoms with Crippen LogP contribution in [-0.2, 0) is 0 Å². The van der Waals surface area contributed by atoms with E-state index in [1.165, 1.54) is 12.1 Å². The monoisotopic (exact) mass is 290 g/mol. The third-order valence-electron chi connectivity index (χ3n) is 3.00. The van der Waals surface area contributed by atoms with Crippen molar-refractivity contribution in [3.8, 4) is 17.2 Å². The fourth-order valence-electron chi connectivity index (χ4n) is 1.95. The van der Waals surface area contributed by atoms with Gasteiger partial charge in [0.05, 0.1) is 16.9 Å². The minimum atomic E-state index is -0.683. The summed E-state index contributed by atoms with van der Waals surface area (Å²) in [5.41, 5.74) is 6.17. The summed E-state index contributed by atoms with van der Waals surface area (Å²) in [5.74, 6) is -0.704. The number of nitrogen functional groups attached to an aromatic ring is 1. The van der Waals surface area contributed by atoms with Gasteiger partial charge in [-0.3, -0.25) is 4.79 Å². The highest BCUT2D eigenvalue weighted by atomic mass is 19.1. The fourth-order valence-corrected chi connectivity index (χ4v) is 1.95. The number of benzene rings is 2. The van der Waals surface area contributed by atoms with Crippen LogP contribution in [-0.4, -0.2) is 17.8 Å². The SMILES string of the molecule is Nc1cc2c(cc1NC(=O)c1cc(F)ccc1O)OCO2. The third-order valence-corrected chi connectivity index (χ3v) is 3.00. The Morgan fingerprint density at radius 1 is 1.24 bits per heavy atom. The number of nitrogens with one attached hydrogen (secondary N) is 1. The second kappa shape index (κ2) is 4.86. The summed E-state index contributed by atoms with van der Waals surface area (Å²) in [7, 11) is 0. The maximum Gasteiger partial charge on any atom is 0.259 e. The second-order valence-corrected chi connectivity index (χ2v) is 4.41. The van der Waals surface area contributed by atoms with Crippen LogP contribution in [0.1, 0.15) is 10.4 Å². The molecule has 0 radical (unpaired) electrons. The summed E-state index contributed by atoms with van der Waals surface area (Å²) in [4.78, 5) is 12.1. The summed E-state index contributed by atoms with van der Waals surface area (Å²) in [5, 5.41) is 12.1. The molecule has 0 aromatic heterocycles. The Morgan fingerprint density at radius 3 is 2.71 bits per heavy atom. The van der Waals surface area contributed by atoms with Crippen molar-refractivity contribution in [1.82, 2.24) is 0 Å². The number of hydrogen-bond acceptors (Lipinski definition) is 5. The number of halogens is 1. The first-order valence-electron chi connectivity index (χ1n) is 6.03. The van der Waals surface area contributed by atoms with Crippen molar-refractivity contribution in [2.24, 2.45) is 0 Å². The van der Waals surface area contributed by atoms with Crippen molar-refractivity contribution in [3.63, 3.8) is 0 Å². The molecular weight excluding hydrogens is 279 g/mol. The Kier molecular flexibility index (Phi) is 3.02. The van der Waals surface area contributed by atoms with Crippen LogP contribution < -0.4 is 20.5 Å². The maximum atomic E-state index is 13.2. The van der Waals surface area contributed by atoms with Crippen LogP contribution in [0.25, 0.3) is 0 Å². The molecule has 108 valence electrons. The van der Waals surface area contributed by atoms with Crippen molar-refractivity contribution in [2.45, 2.75) is 0 Å². The van der Waals surface area contributed by atoms with Gasteiger partial charge in [0.1, 0.15) is 11.6 Å². The molecule has 2 aromatic rings. The number of aromatic hydroxyl groups is 1. The summed E-state index contributed by atoms with van der Waals surface area (Å²) < 4.78 is 23.5. The molecule has 0 fully saturated rings. The highest BCUT2D eigenvalue weighted by molar-refractivity contribution is 6.07. The third kappa shape index (κ3) is 2.40. The van der Waals surface area contributed by atoms with Gasteiger partial charge in [-0.1, -0.05) is 0 Å². The first-order valence-corrected chi connectivity index (χ1v) is 6.03. The van der Waals surface area contributed by atoms with Crippen molar-refractivity contribution in [2.75, 3.05) is 17.8 Å². The minimum Gasteiger partial charge on any atom is -0.507 e. The smallest absolute Gasteiger partial charge is 0.259 e. The summed E-state index contributed by atoms with van der Waals surface area (Å²) in [6.07, 6.45) is 0. The average Bonchev–Trinajstić information content (AvgIpc) is 2.88. The fraction of sp³-hybridized carbons (Fsp3) is 0.0714. The molecular formula is C14H11FN2O4. The van der Waals surface area contributed by atoms with E-state index in [9.17, 15) is 14.3 Å². The predicted molar refractivity (Wildman–Crippen MR) is 73.0 cm³/mol. The Labute approximate surface area is 118 Å². The van der Waals surface area contributed by atoms with E-state index in [4.69, 9.17) is 15.2 Å². The molecule has 0 saturated heterocycles. The van der Waals surface area contributed by atoms with E-state index in [0.29, 0.717) is 11.5 Å². The molecule has 1 heterocycles. The lowest BCUT2D eigenvalue weighted by Crippen LogP contribution is -2.13. The molecule has 7 heteroatoms. The lowest BCUT2D eigenvalue weighted by Gasteiger charge is -2.10. The zero-order chi connectivity index (χ0) is 15.0. The van der Waals surface area contributed by atoms with E-state index in [1.54, 1.807) is 0 Å². The molecule has 0 saturated carbocycles. The highest BCUT2D eigenvalue weighted by Crippen LogP contribution is 2.38. The van der Waals surface area contributed by atoms with Crippen LogP contribution in [0, 0.1) is 5.82 Å². The Bertz CT molecular complexity index is 733. The van der Waals surface area contributed by atoms with E-state index in [2.05, 4.69) is 5.32 Å². The summed E-state index contributed by atoms with van der Waals surface area (Å²) in [6, 6.07) is 6.12. The van der Waals surface area contributed by atoms with Crippen LogP contribution in [0.15, 0.2) is 30.3 Å². The first-order chi connectivity index (χ1) is 10.0. The quantitative estimate of drug-likeness (QED) is 0.736.